The molecule has 0 heterocycles. The fourth-order valence-corrected chi connectivity index (χ4v) is 1.58. The number of nitrogens with two attached hydrogens (primary N) is 2. The molecule has 4 nitrogen and oxygen atoms in total. The molecule has 0 aliphatic rings. The molecule has 0 bridgehead atoms. The van der Waals surface area contributed by atoms with E-state index in [1.54, 1.807) is 12.1 Å². The molecule has 4 N–H and O–H groups in total. The number of nitrogens with zero attached hydrogens (tertiary/aromatic N) is 1. The number of hydrogen-bond acceptors (Lipinski definition) is 3. The summed E-state index contributed by atoms with van der Waals surface area (Å²) in [4.78, 5) is 13.2. The molecule has 1 amide bonds. The Bertz CT molecular complexity index is 373. The van der Waals surface area contributed by atoms with Crippen molar-refractivity contribution in [3.8, 4) is 0 Å². The highest BCUT2D eigenvalue weighted by molar-refractivity contribution is 5.93. The van der Waals surface area contributed by atoms with Gasteiger partial charge in [-0.1, -0.05) is 19.9 Å². The zero-order chi connectivity index (χ0) is 12.1. The number of carbonyl (C=O) groups is 1. The van der Waals surface area contributed by atoms with E-state index in [4.69, 9.17) is 11.5 Å². The lowest BCUT2D eigenvalue weighted by Crippen LogP contribution is -2.23. The molecule has 0 fully saturated rings. The lowest BCUT2D eigenvalue weighted by molar-refractivity contribution is 0.100. The first-order valence-corrected chi connectivity index (χ1v) is 5.49. The molecule has 1 aromatic rings. The van der Waals surface area contributed by atoms with E-state index in [1.165, 1.54) is 0 Å². The standard InChI is InChI=1S/C12H19N3O/c1-3-15(4-2)8-10-6-5-9(12(14)16)7-11(10)13/h5-7H,3-4,8,13H2,1-2H3,(H2,14,16). The van der Waals surface area contributed by atoms with Crippen molar-refractivity contribution in [3.05, 3.63) is 29.3 Å². The minimum Gasteiger partial charge on any atom is -0.398 e. The fourth-order valence-electron chi connectivity index (χ4n) is 1.58. The lowest BCUT2D eigenvalue weighted by Gasteiger charge is -2.19. The number of hydrogen-bond donors (Lipinski definition) is 2. The summed E-state index contributed by atoms with van der Waals surface area (Å²) >= 11 is 0. The van der Waals surface area contributed by atoms with Gasteiger partial charge in [-0.05, 0) is 30.8 Å². The Kier molecular flexibility index (Phi) is 4.31. The monoisotopic (exact) mass is 221 g/mol. The van der Waals surface area contributed by atoms with Gasteiger partial charge in [-0.2, -0.15) is 0 Å². The lowest BCUT2D eigenvalue weighted by atomic mass is 10.1. The summed E-state index contributed by atoms with van der Waals surface area (Å²) in [5.74, 6) is -0.443. The Labute approximate surface area is 96.2 Å². The van der Waals surface area contributed by atoms with E-state index in [1.807, 2.05) is 6.07 Å². The molecule has 0 spiro atoms. The molecule has 1 rings (SSSR count). The van der Waals surface area contributed by atoms with Gasteiger partial charge in [0.25, 0.3) is 0 Å². The Morgan fingerprint density at radius 2 is 1.94 bits per heavy atom. The van der Waals surface area contributed by atoms with E-state index in [2.05, 4.69) is 18.7 Å². The average molecular weight is 221 g/mol. The van der Waals surface area contributed by atoms with Crippen LogP contribution in [-0.4, -0.2) is 23.9 Å². The van der Waals surface area contributed by atoms with E-state index in [0.29, 0.717) is 11.3 Å². The summed E-state index contributed by atoms with van der Waals surface area (Å²) in [5, 5.41) is 0. The summed E-state index contributed by atoms with van der Waals surface area (Å²) in [6, 6.07) is 5.23. The summed E-state index contributed by atoms with van der Waals surface area (Å²) in [6.07, 6.45) is 0. The fraction of sp³-hybridized carbons (Fsp3) is 0.417. The van der Waals surface area contributed by atoms with Crippen molar-refractivity contribution in [1.82, 2.24) is 4.90 Å². The molecule has 1 aromatic carbocycles. The van der Waals surface area contributed by atoms with Crippen LogP contribution in [0.1, 0.15) is 29.8 Å². The van der Waals surface area contributed by atoms with Crippen LogP contribution in [0.2, 0.25) is 0 Å². The van der Waals surface area contributed by atoms with Gasteiger partial charge in [0.2, 0.25) is 5.91 Å². The van der Waals surface area contributed by atoms with Crippen molar-refractivity contribution >= 4 is 11.6 Å². The molecule has 0 saturated carbocycles. The molecule has 0 saturated heterocycles. The Morgan fingerprint density at radius 1 is 1.31 bits per heavy atom. The SMILES string of the molecule is CCN(CC)Cc1ccc(C(N)=O)cc1N. The molecule has 88 valence electrons. The predicted octanol–water partition coefficient (Wildman–Crippen LogP) is 1.21. The smallest absolute Gasteiger partial charge is 0.248 e. The Balaban J connectivity index is 2.86. The third kappa shape index (κ3) is 2.97. The van der Waals surface area contributed by atoms with E-state index in [0.717, 1.165) is 25.2 Å². The first-order valence-electron chi connectivity index (χ1n) is 5.49. The second-order valence-electron chi connectivity index (χ2n) is 3.74. The summed E-state index contributed by atoms with van der Waals surface area (Å²) in [5.41, 5.74) is 13.2. The van der Waals surface area contributed by atoms with Crippen molar-refractivity contribution in [3.63, 3.8) is 0 Å². The van der Waals surface area contributed by atoms with Crippen LogP contribution in [0.5, 0.6) is 0 Å². The zero-order valence-corrected chi connectivity index (χ0v) is 9.86. The van der Waals surface area contributed by atoms with Crippen LogP contribution in [0.25, 0.3) is 0 Å². The van der Waals surface area contributed by atoms with Crippen molar-refractivity contribution in [2.75, 3.05) is 18.8 Å². The van der Waals surface area contributed by atoms with Crippen LogP contribution in [0, 0.1) is 0 Å². The average Bonchev–Trinajstić information content (AvgIpc) is 2.27. The third-order valence-electron chi connectivity index (χ3n) is 2.72. The maximum Gasteiger partial charge on any atom is 0.248 e. The molecule has 0 aliphatic heterocycles. The van der Waals surface area contributed by atoms with Gasteiger partial charge < -0.3 is 11.5 Å². The van der Waals surface area contributed by atoms with Gasteiger partial charge in [0, 0.05) is 17.8 Å². The van der Waals surface area contributed by atoms with Crippen molar-refractivity contribution in [2.45, 2.75) is 20.4 Å². The third-order valence-corrected chi connectivity index (χ3v) is 2.72. The summed E-state index contributed by atoms with van der Waals surface area (Å²) in [7, 11) is 0. The van der Waals surface area contributed by atoms with Crippen molar-refractivity contribution in [1.29, 1.82) is 0 Å². The molecule has 0 aromatic heterocycles. The highest BCUT2D eigenvalue weighted by Gasteiger charge is 2.07. The van der Waals surface area contributed by atoms with Crippen LogP contribution in [0.15, 0.2) is 18.2 Å². The van der Waals surface area contributed by atoms with Crippen LogP contribution in [0.3, 0.4) is 0 Å². The molecule has 0 atom stereocenters. The van der Waals surface area contributed by atoms with Gasteiger partial charge in [0.05, 0.1) is 0 Å². The van der Waals surface area contributed by atoms with E-state index in [9.17, 15) is 4.79 Å². The van der Waals surface area contributed by atoms with Crippen LogP contribution in [0.4, 0.5) is 5.69 Å². The van der Waals surface area contributed by atoms with Gasteiger partial charge in [-0.25, -0.2) is 0 Å². The molecule has 0 unspecified atom stereocenters. The number of rotatable bonds is 5. The van der Waals surface area contributed by atoms with Gasteiger partial charge in [-0.15, -0.1) is 0 Å². The maximum absolute atomic E-state index is 11.0. The van der Waals surface area contributed by atoms with E-state index in [-0.39, 0.29) is 0 Å². The largest absolute Gasteiger partial charge is 0.398 e. The highest BCUT2D eigenvalue weighted by atomic mass is 16.1. The van der Waals surface area contributed by atoms with Crippen LogP contribution < -0.4 is 11.5 Å². The van der Waals surface area contributed by atoms with Crippen molar-refractivity contribution < 1.29 is 4.79 Å². The quantitative estimate of drug-likeness (QED) is 0.734. The van der Waals surface area contributed by atoms with Crippen LogP contribution in [-0.2, 0) is 6.54 Å². The second kappa shape index (κ2) is 5.51. The number of primary amides is 1. The van der Waals surface area contributed by atoms with Crippen LogP contribution >= 0.6 is 0 Å². The number of amides is 1. The Hall–Kier alpha value is -1.55. The molecular formula is C12H19N3O. The minimum absolute atomic E-state index is 0.443. The van der Waals surface area contributed by atoms with Gasteiger partial charge in [-0.3, -0.25) is 9.69 Å². The zero-order valence-electron chi connectivity index (χ0n) is 9.86. The molecule has 4 heteroatoms. The van der Waals surface area contributed by atoms with Gasteiger partial charge in [0.1, 0.15) is 0 Å². The van der Waals surface area contributed by atoms with E-state index >= 15 is 0 Å². The molecule has 16 heavy (non-hydrogen) atoms. The summed E-state index contributed by atoms with van der Waals surface area (Å²) in [6.45, 7) is 6.98. The highest BCUT2D eigenvalue weighted by Crippen LogP contribution is 2.16. The Morgan fingerprint density at radius 3 is 2.38 bits per heavy atom. The summed E-state index contributed by atoms with van der Waals surface area (Å²) < 4.78 is 0. The minimum atomic E-state index is -0.443. The normalized spacial score (nSPS) is 10.7. The molecular weight excluding hydrogens is 202 g/mol. The first kappa shape index (κ1) is 12.5. The molecule has 0 radical (unpaired) electrons. The van der Waals surface area contributed by atoms with Crippen molar-refractivity contribution in [2.24, 2.45) is 5.73 Å². The predicted molar refractivity (Wildman–Crippen MR) is 66.0 cm³/mol. The first-order chi connectivity index (χ1) is 7.58. The topological polar surface area (TPSA) is 72.3 Å². The second-order valence-corrected chi connectivity index (χ2v) is 3.74. The number of nitrogen functional groups attached to an aromatic ring is 1. The number of benzene rings is 1. The van der Waals surface area contributed by atoms with Gasteiger partial charge >= 0.3 is 0 Å². The molecule has 0 aliphatic carbocycles. The van der Waals surface area contributed by atoms with Gasteiger partial charge in [0.15, 0.2) is 0 Å². The number of anilines is 1. The van der Waals surface area contributed by atoms with E-state index < -0.39 is 5.91 Å². The maximum atomic E-state index is 11.0. The number of carbonyl (C=O) groups excluding carboxylic acids is 1.